The van der Waals surface area contributed by atoms with Crippen molar-refractivity contribution < 1.29 is 13.5 Å². The number of rotatable bonds is 6. The summed E-state index contributed by atoms with van der Waals surface area (Å²) in [5, 5.41) is 13.2. The fourth-order valence-electron chi connectivity index (χ4n) is 1.43. The molecule has 1 aromatic carbocycles. The molecule has 0 aliphatic heterocycles. The van der Waals surface area contributed by atoms with E-state index < -0.39 is 11.6 Å². The van der Waals surface area contributed by atoms with E-state index in [9.17, 15) is 8.78 Å². The van der Waals surface area contributed by atoms with Crippen LogP contribution in [-0.2, 0) is 4.74 Å². The van der Waals surface area contributed by atoms with Crippen LogP contribution in [0.25, 0.3) is 0 Å². The van der Waals surface area contributed by atoms with Crippen LogP contribution in [0.5, 0.6) is 0 Å². The van der Waals surface area contributed by atoms with E-state index >= 15 is 0 Å². The van der Waals surface area contributed by atoms with E-state index in [1.54, 1.807) is 7.11 Å². The van der Waals surface area contributed by atoms with E-state index in [1.807, 2.05) is 0 Å². The molecule has 8 heteroatoms. The molecule has 2 N–H and O–H groups in total. The molecule has 0 spiro atoms. The molecule has 0 saturated heterocycles. The lowest BCUT2D eigenvalue weighted by Gasteiger charge is -2.07. The molecule has 0 bridgehead atoms. The van der Waals surface area contributed by atoms with Gasteiger partial charge in [0.25, 0.3) is 0 Å². The molecule has 0 unspecified atom stereocenters. The Morgan fingerprint density at radius 3 is 2.85 bits per heavy atom. The molecule has 2 aromatic rings. The van der Waals surface area contributed by atoms with Gasteiger partial charge in [-0.3, -0.25) is 0 Å². The Balaban J connectivity index is 2.05. The third kappa shape index (κ3) is 3.82. The van der Waals surface area contributed by atoms with Crippen LogP contribution < -0.4 is 10.6 Å². The van der Waals surface area contributed by atoms with Crippen LogP contribution in [0.3, 0.4) is 0 Å². The van der Waals surface area contributed by atoms with Crippen LogP contribution in [0, 0.1) is 11.6 Å². The van der Waals surface area contributed by atoms with Gasteiger partial charge in [0, 0.05) is 25.4 Å². The van der Waals surface area contributed by atoms with Crippen molar-refractivity contribution >= 4 is 17.5 Å². The molecule has 0 radical (unpaired) electrons. The second kappa shape index (κ2) is 6.71. The van der Waals surface area contributed by atoms with Crippen LogP contribution in [0.4, 0.5) is 26.2 Å². The van der Waals surface area contributed by atoms with Crippen molar-refractivity contribution in [2.75, 3.05) is 30.9 Å². The van der Waals surface area contributed by atoms with Gasteiger partial charge in [-0.2, -0.15) is 10.1 Å². The molecule has 0 aliphatic carbocycles. The Kier molecular flexibility index (Phi) is 4.72. The van der Waals surface area contributed by atoms with Crippen molar-refractivity contribution in [3.8, 4) is 0 Å². The van der Waals surface area contributed by atoms with Gasteiger partial charge in [0.1, 0.15) is 0 Å². The molecular formula is C12H13F2N5O. The van der Waals surface area contributed by atoms with Crippen LogP contribution in [0.2, 0.25) is 0 Å². The topological polar surface area (TPSA) is 72.0 Å². The Morgan fingerprint density at radius 1 is 1.25 bits per heavy atom. The Bertz CT molecular complexity index is 582. The first kappa shape index (κ1) is 14.1. The zero-order valence-electron chi connectivity index (χ0n) is 10.7. The first-order chi connectivity index (χ1) is 9.69. The number of ether oxygens (including phenoxy) is 1. The lowest BCUT2D eigenvalue weighted by molar-refractivity contribution is 0.210. The van der Waals surface area contributed by atoms with Crippen LogP contribution in [0.1, 0.15) is 0 Å². The van der Waals surface area contributed by atoms with Gasteiger partial charge < -0.3 is 15.4 Å². The van der Waals surface area contributed by atoms with Crippen LogP contribution >= 0.6 is 0 Å². The normalized spacial score (nSPS) is 10.3. The second-order valence-electron chi connectivity index (χ2n) is 3.84. The summed E-state index contributed by atoms with van der Waals surface area (Å²) in [5.74, 6) is -1.18. The maximum absolute atomic E-state index is 13.1. The molecule has 0 atom stereocenters. The van der Waals surface area contributed by atoms with E-state index in [1.165, 1.54) is 12.3 Å². The average molecular weight is 281 g/mol. The van der Waals surface area contributed by atoms with E-state index in [0.717, 1.165) is 12.1 Å². The highest BCUT2D eigenvalue weighted by Gasteiger charge is 2.05. The smallest absolute Gasteiger partial charge is 0.249 e. The summed E-state index contributed by atoms with van der Waals surface area (Å²) in [6, 6.07) is 3.42. The SMILES string of the molecule is COCCNc1cnnc(Nc2ccc(F)c(F)c2)n1. The van der Waals surface area contributed by atoms with Crippen LogP contribution in [0.15, 0.2) is 24.4 Å². The minimum atomic E-state index is -0.947. The van der Waals surface area contributed by atoms with Gasteiger partial charge in [0.05, 0.1) is 12.8 Å². The van der Waals surface area contributed by atoms with Crippen molar-refractivity contribution in [2.24, 2.45) is 0 Å². The maximum atomic E-state index is 13.1. The van der Waals surface area contributed by atoms with Gasteiger partial charge >= 0.3 is 0 Å². The third-order valence-corrected chi connectivity index (χ3v) is 2.35. The minimum absolute atomic E-state index is 0.179. The molecule has 0 fully saturated rings. The van der Waals surface area contributed by atoms with Gasteiger partial charge in [-0.05, 0) is 12.1 Å². The van der Waals surface area contributed by atoms with Gasteiger partial charge in [0.2, 0.25) is 5.95 Å². The van der Waals surface area contributed by atoms with E-state index in [0.29, 0.717) is 24.7 Å². The lowest BCUT2D eigenvalue weighted by Crippen LogP contribution is -2.10. The van der Waals surface area contributed by atoms with Gasteiger partial charge in [0.15, 0.2) is 17.5 Å². The molecule has 6 nitrogen and oxygen atoms in total. The number of benzene rings is 1. The summed E-state index contributed by atoms with van der Waals surface area (Å²) < 4.78 is 30.8. The van der Waals surface area contributed by atoms with Gasteiger partial charge in [-0.15, -0.1) is 5.10 Å². The molecule has 0 aliphatic rings. The first-order valence-electron chi connectivity index (χ1n) is 5.83. The summed E-state index contributed by atoms with van der Waals surface area (Å²) in [5.41, 5.74) is 0.333. The van der Waals surface area contributed by atoms with E-state index in [-0.39, 0.29) is 5.95 Å². The largest absolute Gasteiger partial charge is 0.383 e. The fourth-order valence-corrected chi connectivity index (χ4v) is 1.43. The summed E-state index contributed by atoms with van der Waals surface area (Å²) in [6.07, 6.45) is 1.45. The highest BCUT2D eigenvalue weighted by Crippen LogP contribution is 2.16. The Morgan fingerprint density at radius 2 is 2.10 bits per heavy atom. The zero-order chi connectivity index (χ0) is 14.4. The van der Waals surface area contributed by atoms with Crippen molar-refractivity contribution in [1.82, 2.24) is 15.2 Å². The van der Waals surface area contributed by atoms with Gasteiger partial charge in [-0.1, -0.05) is 0 Å². The zero-order valence-corrected chi connectivity index (χ0v) is 10.7. The number of anilines is 3. The predicted molar refractivity (Wildman–Crippen MR) is 69.8 cm³/mol. The number of hydrogen-bond acceptors (Lipinski definition) is 6. The van der Waals surface area contributed by atoms with Gasteiger partial charge in [-0.25, -0.2) is 8.78 Å². The molecule has 0 amide bonds. The number of nitrogens with one attached hydrogen (secondary N) is 2. The van der Waals surface area contributed by atoms with Crippen molar-refractivity contribution in [2.45, 2.75) is 0 Å². The number of nitrogens with zero attached hydrogens (tertiary/aromatic N) is 3. The molecule has 1 heterocycles. The summed E-state index contributed by atoms with van der Waals surface area (Å²) in [7, 11) is 1.59. The molecule has 20 heavy (non-hydrogen) atoms. The summed E-state index contributed by atoms with van der Waals surface area (Å²) in [6.45, 7) is 1.09. The number of hydrogen-bond donors (Lipinski definition) is 2. The first-order valence-corrected chi connectivity index (χ1v) is 5.83. The predicted octanol–water partition coefficient (Wildman–Crippen LogP) is 1.95. The second-order valence-corrected chi connectivity index (χ2v) is 3.84. The summed E-state index contributed by atoms with van der Waals surface area (Å²) >= 11 is 0. The minimum Gasteiger partial charge on any atom is -0.383 e. The number of aromatic nitrogens is 3. The van der Waals surface area contributed by atoms with Crippen molar-refractivity contribution in [3.63, 3.8) is 0 Å². The number of methoxy groups -OCH3 is 1. The quantitative estimate of drug-likeness (QED) is 0.789. The molecule has 2 rings (SSSR count). The number of halogens is 2. The van der Waals surface area contributed by atoms with Crippen molar-refractivity contribution in [1.29, 1.82) is 0 Å². The molecular weight excluding hydrogens is 268 g/mol. The highest BCUT2D eigenvalue weighted by molar-refractivity contribution is 5.54. The Labute approximate surface area is 114 Å². The highest BCUT2D eigenvalue weighted by atomic mass is 19.2. The lowest BCUT2D eigenvalue weighted by atomic mass is 10.3. The molecule has 0 saturated carbocycles. The Hall–Kier alpha value is -2.35. The maximum Gasteiger partial charge on any atom is 0.249 e. The van der Waals surface area contributed by atoms with E-state index in [4.69, 9.17) is 4.74 Å². The molecule has 106 valence electrons. The fraction of sp³-hybridized carbons (Fsp3) is 0.250. The van der Waals surface area contributed by atoms with Crippen molar-refractivity contribution in [3.05, 3.63) is 36.0 Å². The summed E-state index contributed by atoms with van der Waals surface area (Å²) in [4.78, 5) is 4.12. The monoisotopic (exact) mass is 281 g/mol. The third-order valence-electron chi connectivity index (χ3n) is 2.35. The average Bonchev–Trinajstić information content (AvgIpc) is 2.44. The van der Waals surface area contributed by atoms with E-state index in [2.05, 4.69) is 25.8 Å². The molecule has 1 aromatic heterocycles. The standard InChI is InChI=1S/C12H13F2N5O/c1-20-5-4-15-11-7-16-19-12(18-11)17-8-2-3-9(13)10(14)6-8/h2-3,6-7H,4-5H2,1H3,(H2,15,17,18,19). The van der Waals surface area contributed by atoms with Crippen LogP contribution in [-0.4, -0.2) is 35.4 Å².